The Labute approximate surface area is 211 Å². The molecule has 4 amide bonds. The van der Waals surface area contributed by atoms with Gasteiger partial charge in [0, 0.05) is 0 Å². The lowest BCUT2D eigenvalue weighted by atomic mass is 10.1. The van der Waals surface area contributed by atoms with Gasteiger partial charge in [-0.25, -0.2) is 9.69 Å². The molecule has 1 heterocycles. The molecule has 4 rings (SSSR count). The maximum absolute atomic E-state index is 13.1. The fourth-order valence-electron chi connectivity index (χ4n) is 3.44. The Balaban J connectivity index is 1.58. The van der Waals surface area contributed by atoms with Gasteiger partial charge in [0.05, 0.1) is 22.8 Å². The summed E-state index contributed by atoms with van der Waals surface area (Å²) in [6, 6.07) is 16.2. The molecule has 0 radical (unpaired) electrons. The number of nitrogens with zero attached hydrogens (tertiary/aromatic N) is 1. The summed E-state index contributed by atoms with van der Waals surface area (Å²) in [5.41, 5.74) is 2.48. The van der Waals surface area contributed by atoms with Crippen molar-refractivity contribution >= 4 is 52.8 Å². The zero-order valence-electron chi connectivity index (χ0n) is 18.8. The number of carbonyl (C=O) groups excluding carboxylic acids is 3. The molecule has 0 saturated carbocycles. The Bertz CT molecular complexity index is 1350. The van der Waals surface area contributed by atoms with Crippen LogP contribution in [0.1, 0.15) is 16.7 Å². The molecule has 0 aliphatic carbocycles. The Morgan fingerprint density at radius 2 is 1.66 bits per heavy atom. The fourth-order valence-corrected chi connectivity index (χ4v) is 3.76. The van der Waals surface area contributed by atoms with Gasteiger partial charge in [-0.3, -0.25) is 14.9 Å². The zero-order chi connectivity index (χ0) is 25.1. The third-order valence-corrected chi connectivity index (χ3v) is 6.01. The molecule has 0 aromatic heterocycles. The molecule has 0 unspecified atom stereocenters. The van der Waals surface area contributed by atoms with Gasteiger partial charge in [-0.05, 0) is 60.5 Å². The predicted octanol–water partition coefficient (Wildman–Crippen LogP) is 5.56. The van der Waals surface area contributed by atoms with Crippen molar-refractivity contribution in [1.29, 1.82) is 0 Å². The molecule has 1 N–H and O–H groups in total. The van der Waals surface area contributed by atoms with Crippen molar-refractivity contribution in [2.45, 2.75) is 13.5 Å². The Kier molecular flexibility index (Phi) is 7.10. The van der Waals surface area contributed by atoms with E-state index in [2.05, 4.69) is 5.32 Å². The summed E-state index contributed by atoms with van der Waals surface area (Å²) in [7, 11) is 1.48. The number of aryl methyl sites for hydroxylation is 1. The van der Waals surface area contributed by atoms with E-state index >= 15 is 0 Å². The first-order chi connectivity index (χ1) is 16.8. The molecule has 7 nitrogen and oxygen atoms in total. The Morgan fingerprint density at radius 3 is 2.34 bits per heavy atom. The number of hydrogen-bond donors (Lipinski definition) is 1. The van der Waals surface area contributed by atoms with Crippen LogP contribution in [0.3, 0.4) is 0 Å². The monoisotopic (exact) mass is 510 g/mol. The molecule has 3 aromatic rings. The van der Waals surface area contributed by atoms with Crippen molar-refractivity contribution in [3.8, 4) is 11.5 Å². The number of halogens is 2. The van der Waals surface area contributed by atoms with Crippen LogP contribution in [-0.4, -0.2) is 25.0 Å². The number of amides is 4. The first-order valence-electron chi connectivity index (χ1n) is 10.5. The molecule has 1 aliphatic rings. The summed E-state index contributed by atoms with van der Waals surface area (Å²) in [5.74, 6) is -0.644. The van der Waals surface area contributed by atoms with Crippen LogP contribution in [0.2, 0.25) is 10.0 Å². The number of benzene rings is 3. The van der Waals surface area contributed by atoms with Gasteiger partial charge in [0.25, 0.3) is 11.8 Å². The number of methoxy groups -OCH3 is 1. The van der Waals surface area contributed by atoms with Crippen molar-refractivity contribution < 1.29 is 23.9 Å². The maximum atomic E-state index is 13.1. The largest absolute Gasteiger partial charge is 0.493 e. The van der Waals surface area contributed by atoms with Crippen LogP contribution >= 0.6 is 23.2 Å². The summed E-state index contributed by atoms with van der Waals surface area (Å²) in [5, 5.41) is 3.09. The second kappa shape index (κ2) is 10.2. The normalized spacial score (nSPS) is 14.8. The topological polar surface area (TPSA) is 84.9 Å². The Hall–Kier alpha value is -3.81. The number of barbiturate groups is 1. The third-order valence-electron chi connectivity index (χ3n) is 5.27. The highest BCUT2D eigenvalue weighted by Crippen LogP contribution is 2.31. The molecule has 178 valence electrons. The highest BCUT2D eigenvalue weighted by Gasteiger charge is 2.36. The minimum absolute atomic E-state index is 0.184. The van der Waals surface area contributed by atoms with E-state index in [9.17, 15) is 14.4 Å². The maximum Gasteiger partial charge on any atom is 0.335 e. The summed E-state index contributed by atoms with van der Waals surface area (Å²) in [6.07, 6.45) is 1.40. The van der Waals surface area contributed by atoms with Crippen molar-refractivity contribution in [2.75, 3.05) is 12.0 Å². The van der Waals surface area contributed by atoms with Gasteiger partial charge in [0.2, 0.25) is 0 Å². The minimum Gasteiger partial charge on any atom is -0.493 e. The molecule has 1 fully saturated rings. The van der Waals surface area contributed by atoms with E-state index in [1.165, 1.54) is 13.2 Å². The molecule has 35 heavy (non-hydrogen) atoms. The van der Waals surface area contributed by atoms with E-state index in [0.717, 1.165) is 16.0 Å². The number of anilines is 1. The van der Waals surface area contributed by atoms with Crippen LogP contribution in [0.25, 0.3) is 6.08 Å². The van der Waals surface area contributed by atoms with Gasteiger partial charge in [0.1, 0.15) is 12.2 Å². The van der Waals surface area contributed by atoms with Crippen molar-refractivity contribution in [1.82, 2.24) is 5.32 Å². The van der Waals surface area contributed by atoms with Crippen LogP contribution in [0.15, 0.2) is 66.2 Å². The van der Waals surface area contributed by atoms with Crippen molar-refractivity contribution in [3.63, 3.8) is 0 Å². The second-order valence-corrected chi connectivity index (χ2v) is 8.56. The van der Waals surface area contributed by atoms with Crippen molar-refractivity contribution in [3.05, 3.63) is 93.0 Å². The zero-order valence-corrected chi connectivity index (χ0v) is 20.3. The number of carbonyl (C=O) groups is 3. The summed E-state index contributed by atoms with van der Waals surface area (Å²) < 4.78 is 11.3. The highest BCUT2D eigenvalue weighted by atomic mass is 35.5. The van der Waals surface area contributed by atoms with Gasteiger partial charge >= 0.3 is 6.03 Å². The average Bonchev–Trinajstić information content (AvgIpc) is 2.84. The lowest BCUT2D eigenvalue weighted by Crippen LogP contribution is -2.54. The lowest BCUT2D eigenvalue weighted by Gasteiger charge is -2.26. The van der Waals surface area contributed by atoms with Crippen LogP contribution in [-0.2, 0) is 16.2 Å². The van der Waals surface area contributed by atoms with E-state index in [1.807, 2.05) is 6.92 Å². The van der Waals surface area contributed by atoms with Crippen LogP contribution in [0.4, 0.5) is 10.5 Å². The quantitative estimate of drug-likeness (QED) is 0.346. The van der Waals surface area contributed by atoms with E-state index in [0.29, 0.717) is 32.8 Å². The van der Waals surface area contributed by atoms with Gasteiger partial charge in [0.15, 0.2) is 11.5 Å². The smallest absolute Gasteiger partial charge is 0.335 e. The highest BCUT2D eigenvalue weighted by molar-refractivity contribution is 6.42. The number of ether oxygens (including phenoxy) is 2. The van der Waals surface area contributed by atoms with E-state index in [4.69, 9.17) is 32.7 Å². The number of nitrogens with one attached hydrogen (secondary N) is 1. The van der Waals surface area contributed by atoms with Crippen LogP contribution in [0, 0.1) is 6.92 Å². The molecule has 0 spiro atoms. The minimum atomic E-state index is -0.801. The average molecular weight is 511 g/mol. The summed E-state index contributed by atoms with van der Waals surface area (Å²) in [6.45, 7) is 2.12. The van der Waals surface area contributed by atoms with E-state index in [1.54, 1.807) is 60.7 Å². The van der Waals surface area contributed by atoms with Crippen LogP contribution in [0.5, 0.6) is 11.5 Å². The lowest BCUT2D eigenvalue weighted by molar-refractivity contribution is -0.122. The first-order valence-corrected chi connectivity index (χ1v) is 11.3. The van der Waals surface area contributed by atoms with Gasteiger partial charge in [-0.15, -0.1) is 0 Å². The number of imide groups is 2. The molecular formula is C26H20Cl2N2O5. The molecule has 1 aliphatic heterocycles. The predicted molar refractivity (Wildman–Crippen MR) is 134 cm³/mol. The third kappa shape index (κ3) is 5.31. The SMILES string of the molecule is COc1cc(/C=C2\C(=O)NC(=O)N(c3ccc(C)cc3)C2=O)ccc1OCc1ccc(Cl)c(Cl)c1. The molecule has 0 atom stereocenters. The van der Waals surface area contributed by atoms with Gasteiger partial charge in [-0.1, -0.05) is 53.0 Å². The first kappa shape index (κ1) is 24.3. The molecular weight excluding hydrogens is 491 g/mol. The Morgan fingerprint density at radius 1 is 0.914 bits per heavy atom. The van der Waals surface area contributed by atoms with Crippen molar-refractivity contribution in [2.24, 2.45) is 0 Å². The summed E-state index contributed by atoms with van der Waals surface area (Å²) >= 11 is 12.0. The standard InChI is InChI=1S/C26H20Cl2N2O5/c1-15-3-7-18(8-4-15)30-25(32)19(24(31)29-26(30)33)11-16-6-10-22(23(13-16)34-2)35-14-17-5-9-20(27)21(28)12-17/h3-13H,14H2,1-2H3,(H,29,31,33)/b19-11+. The van der Waals surface area contributed by atoms with Gasteiger partial charge < -0.3 is 9.47 Å². The van der Waals surface area contributed by atoms with E-state index < -0.39 is 17.8 Å². The molecule has 1 saturated heterocycles. The molecule has 3 aromatic carbocycles. The number of hydrogen-bond acceptors (Lipinski definition) is 5. The fraction of sp³-hybridized carbons (Fsp3) is 0.115. The van der Waals surface area contributed by atoms with E-state index in [-0.39, 0.29) is 12.2 Å². The molecule has 0 bridgehead atoms. The number of rotatable bonds is 6. The number of urea groups is 1. The second-order valence-electron chi connectivity index (χ2n) is 7.74. The van der Waals surface area contributed by atoms with Gasteiger partial charge in [-0.2, -0.15) is 0 Å². The van der Waals surface area contributed by atoms with Crippen LogP contribution < -0.4 is 19.7 Å². The summed E-state index contributed by atoms with van der Waals surface area (Å²) in [4.78, 5) is 38.8. The molecule has 9 heteroatoms.